The lowest BCUT2D eigenvalue weighted by Gasteiger charge is -2.26. The Morgan fingerprint density at radius 2 is 1.76 bits per heavy atom. The molecule has 134 valence electrons. The number of carbonyl (C=O) groups excluding carboxylic acids is 1. The van der Waals surface area contributed by atoms with Gasteiger partial charge in [-0.3, -0.25) is 4.79 Å². The standard InChI is InChI=1S/C21H27NO3/c1-16(23)13-21(2,3)15-22-20(24)14-25-19-12-8-7-11-18(19)17-9-5-4-6-10-17/h4-12,16,23H,13-15H2,1-3H3,(H,22,24). The topological polar surface area (TPSA) is 58.6 Å². The van der Waals surface area contributed by atoms with Gasteiger partial charge in [-0.15, -0.1) is 0 Å². The lowest BCUT2D eigenvalue weighted by molar-refractivity contribution is -0.123. The Balaban J connectivity index is 1.93. The second-order valence-corrected chi connectivity index (χ2v) is 7.14. The van der Waals surface area contributed by atoms with E-state index in [9.17, 15) is 9.90 Å². The van der Waals surface area contributed by atoms with E-state index < -0.39 is 0 Å². The molecule has 0 aliphatic rings. The fourth-order valence-corrected chi connectivity index (χ4v) is 2.85. The van der Waals surface area contributed by atoms with Crippen LogP contribution in [0.4, 0.5) is 0 Å². The lowest BCUT2D eigenvalue weighted by Crippen LogP contribution is -2.38. The molecule has 0 aliphatic carbocycles. The van der Waals surface area contributed by atoms with Gasteiger partial charge in [0, 0.05) is 12.1 Å². The van der Waals surface area contributed by atoms with Gasteiger partial charge in [-0.2, -0.15) is 0 Å². The molecule has 0 fully saturated rings. The summed E-state index contributed by atoms with van der Waals surface area (Å²) in [6.07, 6.45) is 0.242. The van der Waals surface area contributed by atoms with Gasteiger partial charge < -0.3 is 15.2 Å². The van der Waals surface area contributed by atoms with E-state index in [0.717, 1.165) is 11.1 Å². The molecule has 25 heavy (non-hydrogen) atoms. The molecule has 4 heteroatoms. The summed E-state index contributed by atoms with van der Waals surface area (Å²) in [7, 11) is 0. The van der Waals surface area contributed by atoms with Gasteiger partial charge in [0.2, 0.25) is 0 Å². The predicted octanol–water partition coefficient (Wildman–Crippen LogP) is 3.65. The van der Waals surface area contributed by atoms with Gasteiger partial charge in [-0.05, 0) is 30.4 Å². The highest BCUT2D eigenvalue weighted by molar-refractivity contribution is 5.78. The van der Waals surface area contributed by atoms with Gasteiger partial charge in [0.05, 0.1) is 6.10 Å². The molecule has 1 amide bonds. The van der Waals surface area contributed by atoms with Gasteiger partial charge in [-0.25, -0.2) is 0 Å². The van der Waals surface area contributed by atoms with Crippen molar-refractivity contribution in [1.29, 1.82) is 0 Å². The Morgan fingerprint density at radius 1 is 1.12 bits per heavy atom. The summed E-state index contributed by atoms with van der Waals surface area (Å²) in [4.78, 5) is 12.1. The van der Waals surface area contributed by atoms with Crippen LogP contribution in [0.1, 0.15) is 27.2 Å². The number of amides is 1. The molecule has 1 atom stereocenters. The van der Waals surface area contributed by atoms with E-state index in [2.05, 4.69) is 5.32 Å². The number of aliphatic hydroxyl groups excluding tert-OH is 1. The fourth-order valence-electron chi connectivity index (χ4n) is 2.85. The van der Waals surface area contributed by atoms with E-state index in [1.165, 1.54) is 0 Å². The maximum atomic E-state index is 12.1. The minimum atomic E-state index is -0.388. The summed E-state index contributed by atoms with van der Waals surface area (Å²) in [5, 5.41) is 12.4. The first-order valence-electron chi connectivity index (χ1n) is 8.59. The molecule has 0 radical (unpaired) electrons. The molecule has 0 aromatic heterocycles. The Bertz CT molecular complexity index is 681. The zero-order valence-corrected chi connectivity index (χ0v) is 15.2. The molecular formula is C21H27NO3. The highest BCUT2D eigenvalue weighted by Crippen LogP contribution is 2.29. The van der Waals surface area contributed by atoms with Gasteiger partial charge in [0.1, 0.15) is 5.75 Å². The smallest absolute Gasteiger partial charge is 0.257 e. The minimum absolute atomic E-state index is 0.0331. The SMILES string of the molecule is CC(O)CC(C)(C)CNC(=O)COc1ccccc1-c1ccccc1. The van der Waals surface area contributed by atoms with Crippen LogP contribution in [-0.4, -0.2) is 30.3 Å². The second kappa shape index (κ2) is 8.67. The van der Waals surface area contributed by atoms with Crippen molar-refractivity contribution in [1.82, 2.24) is 5.32 Å². The van der Waals surface area contributed by atoms with E-state index in [4.69, 9.17) is 4.74 Å². The molecule has 1 unspecified atom stereocenters. The van der Waals surface area contributed by atoms with Gasteiger partial charge in [-0.1, -0.05) is 62.4 Å². The normalized spacial score (nSPS) is 12.5. The van der Waals surface area contributed by atoms with Gasteiger partial charge in [0.25, 0.3) is 5.91 Å². The summed E-state index contributed by atoms with van der Waals surface area (Å²) in [6.45, 7) is 6.26. The molecule has 2 aromatic carbocycles. The molecule has 0 bridgehead atoms. The summed E-state index contributed by atoms with van der Waals surface area (Å²) in [5.74, 6) is 0.522. The van der Waals surface area contributed by atoms with E-state index in [1.807, 2.05) is 68.4 Å². The van der Waals surface area contributed by atoms with Crippen LogP contribution >= 0.6 is 0 Å². The summed E-state index contributed by atoms with van der Waals surface area (Å²) < 4.78 is 5.74. The number of nitrogens with one attached hydrogen (secondary N) is 1. The third-order valence-electron chi connectivity index (χ3n) is 3.94. The van der Waals surface area contributed by atoms with Crippen molar-refractivity contribution in [3.05, 3.63) is 54.6 Å². The van der Waals surface area contributed by atoms with E-state index in [-0.39, 0.29) is 24.0 Å². The van der Waals surface area contributed by atoms with Crippen molar-refractivity contribution < 1.29 is 14.6 Å². The van der Waals surface area contributed by atoms with Crippen molar-refractivity contribution in [3.8, 4) is 16.9 Å². The first-order chi connectivity index (χ1) is 11.9. The van der Waals surface area contributed by atoms with E-state index in [0.29, 0.717) is 18.7 Å². The first-order valence-corrected chi connectivity index (χ1v) is 8.59. The van der Waals surface area contributed by atoms with Crippen LogP contribution < -0.4 is 10.1 Å². The summed E-state index contributed by atoms with van der Waals surface area (Å²) in [6, 6.07) is 17.6. The first kappa shape index (κ1) is 19.0. The number of hydrogen-bond acceptors (Lipinski definition) is 3. The van der Waals surface area contributed by atoms with Crippen molar-refractivity contribution in [2.24, 2.45) is 5.41 Å². The molecule has 0 saturated carbocycles. The fraction of sp³-hybridized carbons (Fsp3) is 0.381. The zero-order valence-electron chi connectivity index (χ0n) is 15.2. The number of benzene rings is 2. The number of para-hydroxylation sites is 1. The van der Waals surface area contributed by atoms with Gasteiger partial charge in [0.15, 0.2) is 6.61 Å². The summed E-state index contributed by atoms with van der Waals surface area (Å²) >= 11 is 0. The Labute approximate surface area is 149 Å². The van der Waals surface area contributed by atoms with E-state index >= 15 is 0 Å². The van der Waals surface area contributed by atoms with Crippen LogP contribution in [-0.2, 0) is 4.79 Å². The highest BCUT2D eigenvalue weighted by Gasteiger charge is 2.21. The third-order valence-corrected chi connectivity index (χ3v) is 3.94. The lowest BCUT2D eigenvalue weighted by atomic mass is 9.87. The predicted molar refractivity (Wildman–Crippen MR) is 100 cm³/mol. The molecule has 0 spiro atoms. The third kappa shape index (κ3) is 6.24. The molecule has 0 aliphatic heterocycles. The molecule has 2 N–H and O–H groups in total. The molecule has 2 rings (SSSR count). The Kier molecular flexibility index (Phi) is 6.59. The van der Waals surface area contributed by atoms with Crippen molar-refractivity contribution in [2.45, 2.75) is 33.3 Å². The quantitative estimate of drug-likeness (QED) is 0.770. The average molecular weight is 341 g/mol. The molecule has 4 nitrogen and oxygen atoms in total. The van der Waals surface area contributed by atoms with Crippen LogP contribution in [0.2, 0.25) is 0 Å². The zero-order chi connectivity index (χ0) is 18.3. The largest absolute Gasteiger partial charge is 0.483 e. The highest BCUT2D eigenvalue weighted by atomic mass is 16.5. The maximum absolute atomic E-state index is 12.1. The maximum Gasteiger partial charge on any atom is 0.257 e. The van der Waals surface area contributed by atoms with E-state index in [1.54, 1.807) is 6.92 Å². The Hall–Kier alpha value is -2.33. The Morgan fingerprint density at radius 3 is 2.44 bits per heavy atom. The number of aliphatic hydroxyl groups is 1. The van der Waals surface area contributed by atoms with Crippen LogP contribution in [0.3, 0.4) is 0 Å². The number of ether oxygens (including phenoxy) is 1. The molecule has 0 saturated heterocycles. The molecule has 2 aromatic rings. The second-order valence-electron chi connectivity index (χ2n) is 7.14. The van der Waals surface area contributed by atoms with Crippen LogP contribution in [0.25, 0.3) is 11.1 Å². The number of carbonyl (C=O) groups is 1. The number of rotatable bonds is 8. The molecule has 0 heterocycles. The minimum Gasteiger partial charge on any atom is -0.483 e. The monoisotopic (exact) mass is 341 g/mol. The molecular weight excluding hydrogens is 314 g/mol. The van der Waals surface area contributed by atoms with Gasteiger partial charge >= 0.3 is 0 Å². The summed E-state index contributed by atoms with van der Waals surface area (Å²) in [5.41, 5.74) is 1.85. The average Bonchev–Trinajstić information content (AvgIpc) is 2.58. The van der Waals surface area contributed by atoms with Crippen LogP contribution in [0.5, 0.6) is 5.75 Å². The van der Waals surface area contributed by atoms with Crippen LogP contribution in [0.15, 0.2) is 54.6 Å². The van der Waals surface area contributed by atoms with Crippen molar-refractivity contribution in [3.63, 3.8) is 0 Å². The number of hydrogen-bond donors (Lipinski definition) is 2. The van der Waals surface area contributed by atoms with Crippen molar-refractivity contribution in [2.75, 3.05) is 13.2 Å². The van der Waals surface area contributed by atoms with Crippen molar-refractivity contribution >= 4 is 5.91 Å². The van der Waals surface area contributed by atoms with Crippen LogP contribution in [0, 0.1) is 5.41 Å².